The molecule has 0 amide bonds. The third-order valence-electron chi connectivity index (χ3n) is 6.51. The molecule has 0 saturated heterocycles. The van der Waals surface area contributed by atoms with Crippen molar-refractivity contribution in [3.05, 3.63) is 34.9 Å². The van der Waals surface area contributed by atoms with Crippen LogP contribution < -0.4 is 0 Å². The van der Waals surface area contributed by atoms with Crippen LogP contribution in [0.25, 0.3) is 0 Å². The minimum absolute atomic E-state index is 0.117. The lowest BCUT2D eigenvalue weighted by atomic mass is 9.70. The summed E-state index contributed by atoms with van der Waals surface area (Å²) in [5.74, 6) is 0.749. The van der Waals surface area contributed by atoms with Crippen molar-refractivity contribution in [2.75, 3.05) is 7.11 Å². The van der Waals surface area contributed by atoms with Crippen LogP contribution in [0.3, 0.4) is 0 Å². The maximum Gasteiger partial charge on any atom is 0.0572 e. The number of ether oxygens (including phenoxy) is 1. The van der Waals surface area contributed by atoms with Gasteiger partial charge in [0.2, 0.25) is 0 Å². The fraction of sp³-hybridized carbons (Fsp3) is 0.650. The second kappa shape index (κ2) is 5.49. The minimum Gasteiger partial charge on any atom is -0.381 e. The normalized spacial score (nSPS) is 31.9. The van der Waals surface area contributed by atoms with Crippen molar-refractivity contribution in [2.24, 2.45) is 5.41 Å². The Balaban J connectivity index is 1.59. The Morgan fingerprint density at radius 1 is 1.09 bits per heavy atom. The number of methoxy groups -OCH3 is 1. The maximum absolute atomic E-state index is 8.82. The molecule has 2 heteroatoms. The summed E-state index contributed by atoms with van der Waals surface area (Å²) in [7, 11) is 1.82. The first kappa shape index (κ1) is 14.4. The van der Waals surface area contributed by atoms with Crippen LogP contribution in [0.1, 0.15) is 74.0 Å². The molecule has 1 spiro atoms. The predicted octanol–water partition coefficient (Wildman–Crippen LogP) is 4.84. The van der Waals surface area contributed by atoms with E-state index in [0.29, 0.717) is 6.10 Å². The molecule has 0 bridgehead atoms. The summed E-state index contributed by atoms with van der Waals surface area (Å²) < 4.78 is 5.52. The van der Waals surface area contributed by atoms with Gasteiger partial charge in [0, 0.05) is 18.2 Å². The Kier molecular flexibility index (Phi) is 3.60. The lowest BCUT2D eigenvalue weighted by Gasteiger charge is -2.36. The number of rotatable bonds is 2. The third kappa shape index (κ3) is 2.23. The van der Waals surface area contributed by atoms with Crippen molar-refractivity contribution in [1.82, 2.24) is 0 Å². The highest BCUT2D eigenvalue weighted by atomic mass is 16.5. The summed E-state index contributed by atoms with van der Waals surface area (Å²) >= 11 is 0. The van der Waals surface area contributed by atoms with Crippen molar-refractivity contribution in [3.63, 3.8) is 0 Å². The van der Waals surface area contributed by atoms with Gasteiger partial charge in [-0.15, -0.1) is 0 Å². The average Bonchev–Trinajstić information content (AvgIpc) is 3.17. The number of nitrogens with one attached hydrogen (secondary N) is 1. The molecule has 2 saturated carbocycles. The molecule has 3 aliphatic rings. The fourth-order valence-electron chi connectivity index (χ4n) is 5.04. The van der Waals surface area contributed by atoms with Crippen molar-refractivity contribution < 1.29 is 4.74 Å². The molecular weight excluding hydrogens is 270 g/mol. The van der Waals surface area contributed by atoms with E-state index in [2.05, 4.69) is 18.2 Å². The van der Waals surface area contributed by atoms with Crippen LogP contribution in [0.2, 0.25) is 0 Å². The smallest absolute Gasteiger partial charge is 0.0572 e. The van der Waals surface area contributed by atoms with E-state index in [-0.39, 0.29) is 5.41 Å². The molecule has 118 valence electrons. The van der Waals surface area contributed by atoms with E-state index in [1.165, 1.54) is 42.4 Å². The molecule has 0 aromatic heterocycles. The maximum atomic E-state index is 8.82. The van der Waals surface area contributed by atoms with Crippen LogP contribution in [0.4, 0.5) is 0 Å². The van der Waals surface area contributed by atoms with Crippen LogP contribution in [0.15, 0.2) is 18.2 Å². The monoisotopic (exact) mass is 297 g/mol. The van der Waals surface area contributed by atoms with Crippen LogP contribution in [0.5, 0.6) is 0 Å². The predicted molar refractivity (Wildman–Crippen MR) is 89.9 cm³/mol. The first-order valence-electron chi connectivity index (χ1n) is 8.97. The van der Waals surface area contributed by atoms with E-state index in [0.717, 1.165) is 43.7 Å². The SMILES string of the molecule is CO[C@H]1CC[C@]2(CC1)Cc1ccc(C3CCCC3)cc1C2=N. The van der Waals surface area contributed by atoms with E-state index in [1.807, 2.05) is 7.11 Å². The molecule has 22 heavy (non-hydrogen) atoms. The Morgan fingerprint density at radius 2 is 1.82 bits per heavy atom. The van der Waals surface area contributed by atoms with E-state index >= 15 is 0 Å². The largest absolute Gasteiger partial charge is 0.381 e. The van der Waals surface area contributed by atoms with Gasteiger partial charge in [0.15, 0.2) is 0 Å². The minimum atomic E-state index is 0.117. The van der Waals surface area contributed by atoms with Crippen LogP contribution >= 0.6 is 0 Å². The van der Waals surface area contributed by atoms with Crippen molar-refractivity contribution in [1.29, 1.82) is 5.41 Å². The topological polar surface area (TPSA) is 33.1 Å². The molecule has 0 heterocycles. The Morgan fingerprint density at radius 3 is 2.50 bits per heavy atom. The van der Waals surface area contributed by atoms with Crippen molar-refractivity contribution in [2.45, 2.75) is 69.8 Å². The molecule has 4 rings (SSSR count). The molecular formula is C20H27NO. The zero-order valence-corrected chi connectivity index (χ0v) is 13.7. The summed E-state index contributed by atoms with van der Waals surface area (Å²) in [5.41, 5.74) is 5.22. The number of benzene rings is 1. The molecule has 1 N–H and O–H groups in total. The first-order chi connectivity index (χ1) is 10.7. The van der Waals surface area contributed by atoms with Gasteiger partial charge in [0.05, 0.1) is 6.10 Å². The van der Waals surface area contributed by atoms with Gasteiger partial charge in [-0.25, -0.2) is 0 Å². The van der Waals surface area contributed by atoms with E-state index in [9.17, 15) is 0 Å². The van der Waals surface area contributed by atoms with Gasteiger partial charge in [-0.3, -0.25) is 0 Å². The second-order valence-electron chi connectivity index (χ2n) is 7.67. The van der Waals surface area contributed by atoms with Crippen LogP contribution in [0, 0.1) is 10.8 Å². The lowest BCUT2D eigenvalue weighted by Crippen LogP contribution is -2.35. The van der Waals surface area contributed by atoms with E-state index in [1.54, 1.807) is 0 Å². The molecule has 3 aliphatic carbocycles. The van der Waals surface area contributed by atoms with Gasteiger partial charge in [0.1, 0.15) is 0 Å². The number of hydrogen-bond donors (Lipinski definition) is 1. The number of hydrogen-bond acceptors (Lipinski definition) is 2. The van der Waals surface area contributed by atoms with E-state index in [4.69, 9.17) is 10.1 Å². The highest BCUT2D eigenvalue weighted by molar-refractivity contribution is 6.07. The van der Waals surface area contributed by atoms with Crippen molar-refractivity contribution >= 4 is 5.71 Å². The molecule has 0 aliphatic heterocycles. The summed E-state index contributed by atoms with van der Waals surface area (Å²) in [4.78, 5) is 0. The van der Waals surface area contributed by atoms with Gasteiger partial charge in [-0.2, -0.15) is 0 Å². The zero-order valence-electron chi connectivity index (χ0n) is 13.7. The molecule has 0 atom stereocenters. The zero-order chi connectivity index (χ0) is 15.2. The third-order valence-corrected chi connectivity index (χ3v) is 6.51. The first-order valence-corrected chi connectivity index (χ1v) is 8.97. The molecule has 2 fully saturated rings. The highest BCUT2D eigenvalue weighted by Gasteiger charge is 2.44. The van der Waals surface area contributed by atoms with Crippen LogP contribution in [-0.4, -0.2) is 18.9 Å². The molecule has 2 nitrogen and oxygen atoms in total. The summed E-state index contributed by atoms with van der Waals surface area (Å²) in [6, 6.07) is 7.04. The molecule has 1 aromatic carbocycles. The summed E-state index contributed by atoms with van der Waals surface area (Å²) in [6.45, 7) is 0. The fourth-order valence-corrected chi connectivity index (χ4v) is 5.04. The lowest BCUT2D eigenvalue weighted by molar-refractivity contribution is 0.0467. The van der Waals surface area contributed by atoms with Crippen molar-refractivity contribution in [3.8, 4) is 0 Å². The van der Waals surface area contributed by atoms with Crippen LogP contribution in [-0.2, 0) is 11.2 Å². The average molecular weight is 297 g/mol. The Hall–Kier alpha value is -1.15. The highest BCUT2D eigenvalue weighted by Crippen LogP contribution is 2.48. The van der Waals surface area contributed by atoms with Gasteiger partial charge >= 0.3 is 0 Å². The summed E-state index contributed by atoms with van der Waals surface area (Å²) in [6.07, 6.45) is 11.4. The summed E-state index contributed by atoms with van der Waals surface area (Å²) in [5, 5.41) is 8.82. The molecule has 0 radical (unpaired) electrons. The molecule has 1 aromatic rings. The Bertz CT molecular complexity index is 577. The number of fused-ring (bicyclic) bond motifs is 1. The molecule has 0 unspecified atom stereocenters. The van der Waals surface area contributed by atoms with Gasteiger partial charge in [0.25, 0.3) is 0 Å². The quantitative estimate of drug-likeness (QED) is 0.832. The second-order valence-corrected chi connectivity index (χ2v) is 7.67. The van der Waals surface area contributed by atoms with Gasteiger partial charge < -0.3 is 10.1 Å². The van der Waals surface area contributed by atoms with Gasteiger partial charge in [-0.1, -0.05) is 25.0 Å². The van der Waals surface area contributed by atoms with Gasteiger partial charge in [-0.05, 0) is 73.6 Å². The van der Waals surface area contributed by atoms with E-state index < -0.39 is 0 Å². The standard InChI is InChI=1S/C20H27NO/c1-22-17-8-10-20(11-9-17)13-16-7-6-15(12-18(16)19(20)21)14-4-2-3-5-14/h6-7,12,14,17,21H,2-5,8-11,13H2,1H3/t17-,20-. The Labute approximate surface area is 133 Å².